The van der Waals surface area contributed by atoms with Crippen molar-refractivity contribution >= 4 is 12.4 Å². The van der Waals surface area contributed by atoms with E-state index in [1.165, 1.54) is 30.5 Å². The van der Waals surface area contributed by atoms with E-state index in [9.17, 15) is 10.2 Å². The van der Waals surface area contributed by atoms with E-state index in [0.717, 1.165) is 44.6 Å². The van der Waals surface area contributed by atoms with Gasteiger partial charge < -0.3 is 19.7 Å². The summed E-state index contributed by atoms with van der Waals surface area (Å²) < 4.78 is 13.2. The molecule has 32 heavy (non-hydrogen) atoms. The Kier molecular flexibility index (Phi) is 4.27. The van der Waals surface area contributed by atoms with Crippen molar-refractivity contribution in [1.29, 1.82) is 0 Å². The Hall–Kier alpha value is -1.01. The van der Waals surface area contributed by atoms with E-state index in [2.05, 4.69) is 11.0 Å². The summed E-state index contributed by atoms with van der Waals surface area (Å²) in [6, 6.07) is 4.46. The SMILES string of the molecule is CO[C@]12CC[C@@]3(C[C@@H]1C(C)(C)O)[C@H]1Cc4ccc(O)c5c4[C@@]3(CCN1CC1CC1)[C@H]2O5.Cl. The van der Waals surface area contributed by atoms with Crippen molar-refractivity contribution in [3.8, 4) is 11.5 Å². The number of nitrogens with zero attached hydrogens (tertiary/aromatic N) is 1. The number of benzene rings is 1. The van der Waals surface area contributed by atoms with Gasteiger partial charge in [-0.15, -0.1) is 12.4 Å². The van der Waals surface area contributed by atoms with Gasteiger partial charge in [0.2, 0.25) is 0 Å². The lowest BCUT2D eigenvalue weighted by molar-refractivity contribution is -0.300. The van der Waals surface area contributed by atoms with E-state index < -0.39 is 11.2 Å². The molecule has 1 aromatic carbocycles. The maximum atomic E-state index is 11.4. The van der Waals surface area contributed by atoms with E-state index in [4.69, 9.17) is 9.47 Å². The highest BCUT2D eigenvalue weighted by Gasteiger charge is 2.81. The van der Waals surface area contributed by atoms with Crippen LogP contribution in [0.15, 0.2) is 12.1 Å². The Morgan fingerprint density at radius 2 is 2.00 bits per heavy atom. The molecule has 2 spiro atoms. The first-order chi connectivity index (χ1) is 14.8. The van der Waals surface area contributed by atoms with Gasteiger partial charge in [0.1, 0.15) is 11.7 Å². The molecule has 0 radical (unpaired) electrons. The third kappa shape index (κ3) is 2.23. The van der Waals surface area contributed by atoms with Crippen LogP contribution in [0.25, 0.3) is 0 Å². The third-order valence-corrected chi connectivity index (χ3v) is 10.5. The van der Waals surface area contributed by atoms with Gasteiger partial charge >= 0.3 is 0 Å². The molecule has 4 saturated carbocycles. The molecular weight excluding hydrogens is 426 g/mol. The number of methoxy groups -OCH3 is 1. The Morgan fingerprint density at radius 3 is 2.69 bits per heavy atom. The van der Waals surface area contributed by atoms with Gasteiger partial charge in [-0.1, -0.05) is 6.07 Å². The number of likely N-dealkylation sites (tertiary alicyclic amines) is 1. The molecule has 0 unspecified atom stereocenters. The van der Waals surface area contributed by atoms with Gasteiger partial charge in [-0.05, 0) is 82.9 Å². The van der Waals surface area contributed by atoms with Crippen LogP contribution in [0, 0.1) is 17.3 Å². The Bertz CT molecular complexity index is 973. The molecular formula is C26H36ClNO4. The van der Waals surface area contributed by atoms with Crippen LogP contribution in [-0.2, 0) is 16.6 Å². The molecule has 1 saturated heterocycles. The van der Waals surface area contributed by atoms with Crippen molar-refractivity contribution in [2.75, 3.05) is 20.2 Å². The molecule has 176 valence electrons. The molecule has 0 amide bonds. The summed E-state index contributed by atoms with van der Waals surface area (Å²) in [4.78, 5) is 2.81. The van der Waals surface area contributed by atoms with Crippen LogP contribution in [0.4, 0.5) is 0 Å². The molecule has 6 atom stereocenters. The number of halogens is 1. The van der Waals surface area contributed by atoms with Gasteiger partial charge in [0.05, 0.1) is 5.60 Å². The van der Waals surface area contributed by atoms with E-state index >= 15 is 0 Å². The normalized spacial score (nSPS) is 43.4. The van der Waals surface area contributed by atoms with Crippen molar-refractivity contribution < 1.29 is 19.7 Å². The van der Waals surface area contributed by atoms with Gasteiger partial charge in [-0.25, -0.2) is 0 Å². The standard InChI is InChI=1S/C26H35NO4.ClH/c1-23(2,29)18-13-24-8-9-26(18,30-3)22-25(24)10-11-27(14-15-4-5-15)19(24)12-16-6-7-17(28)21(31-22)20(16)25;/h6-7,15,18-19,22,28-29H,4-5,8-14H2,1-3H3;1H/t18-,19-,22-,24-,25+,26-;/m1./s1. The molecule has 5 aliphatic carbocycles. The van der Waals surface area contributed by atoms with Gasteiger partial charge in [0.25, 0.3) is 0 Å². The van der Waals surface area contributed by atoms with E-state index in [1.54, 1.807) is 0 Å². The largest absolute Gasteiger partial charge is 0.504 e. The van der Waals surface area contributed by atoms with Crippen LogP contribution < -0.4 is 4.74 Å². The lowest BCUT2D eigenvalue weighted by atomic mass is 9.34. The first kappa shape index (κ1) is 21.5. The summed E-state index contributed by atoms with van der Waals surface area (Å²) in [5.74, 6) is 1.86. The van der Waals surface area contributed by atoms with Crippen molar-refractivity contribution in [3.05, 3.63) is 23.3 Å². The first-order valence-corrected chi connectivity index (χ1v) is 12.3. The Labute approximate surface area is 196 Å². The lowest BCUT2D eigenvalue weighted by Crippen LogP contribution is -2.82. The summed E-state index contributed by atoms with van der Waals surface area (Å²) in [7, 11) is 1.81. The maximum Gasteiger partial charge on any atom is 0.165 e. The summed E-state index contributed by atoms with van der Waals surface area (Å²) >= 11 is 0. The predicted molar refractivity (Wildman–Crippen MR) is 124 cm³/mol. The van der Waals surface area contributed by atoms with Crippen molar-refractivity contribution in [1.82, 2.24) is 4.90 Å². The fraction of sp³-hybridized carbons (Fsp3) is 0.769. The molecule has 6 heteroatoms. The van der Waals surface area contributed by atoms with Crippen molar-refractivity contribution in [2.45, 2.75) is 87.6 Å². The van der Waals surface area contributed by atoms with Crippen LogP contribution in [0.5, 0.6) is 11.5 Å². The molecule has 5 nitrogen and oxygen atoms in total. The quantitative estimate of drug-likeness (QED) is 0.714. The number of phenols is 1. The van der Waals surface area contributed by atoms with Crippen LogP contribution >= 0.6 is 12.4 Å². The highest BCUT2D eigenvalue weighted by Crippen LogP contribution is 2.77. The zero-order chi connectivity index (χ0) is 21.4. The molecule has 4 bridgehead atoms. The van der Waals surface area contributed by atoms with Gasteiger partial charge in [-0.3, -0.25) is 4.90 Å². The maximum absolute atomic E-state index is 11.4. The highest BCUT2D eigenvalue weighted by molar-refractivity contribution is 5.85. The molecule has 7 aliphatic rings. The second kappa shape index (κ2) is 6.35. The molecule has 0 aromatic heterocycles. The predicted octanol–water partition coefficient (Wildman–Crippen LogP) is 3.81. The van der Waals surface area contributed by atoms with Gasteiger partial charge in [0.15, 0.2) is 11.5 Å². The molecule has 5 fully saturated rings. The number of aromatic hydroxyl groups is 1. The van der Waals surface area contributed by atoms with E-state index in [-0.39, 0.29) is 41.0 Å². The van der Waals surface area contributed by atoms with Crippen molar-refractivity contribution in [3.63, 3.8) is 0 Å². The highest BCUT2D eigenvalue weighted by atomic mass is 35.5. The molecule has 2 N–H and O–H groups in total. The second-order valence-electron chi connectivity index (χ2n) is 12.1. The molecule has 1 aromatic rings. The minimum Gasteiger partial charge on any atom is -0.504 e. The van der Waals surface area contributed by atoms with E-state index in [1.807, 2.05) is 27.0 Å². The number of fused-ring (bicyclic) bond motifs is 2. The number of rotatable bonds is 4. The topological polar surface area (TPSA) is 62.2 Å². The van der Waals surface area contributed by atoms with Crippen LogP contribution in [-0.4, -0.2) is 58.7 Å². The molecule has 2 heterocycles. The number of hydrogen-bond donors (Lipinski definition) is 2. The lowest BCUT2D eigenvalue weighted by Gasteiger charge is -2.75. The van der Waals surface area contributed by atoms with Crippen LogP contribution in [0.2, 0.25) is 0 Å². The zero-order valence-corrected chi connectivity index (χ0v) is 20.2. The number of hydrogen-bond acceptors (Lipinski definition) is 5. The molecule has 8 rings (SSSR count). The number of ether oxygens (including phenoxy) is 2. The first-order valence-electron chi connectivity index (χ1n) is 12.3. The fourth-order valence-electron chi connectivity index (χ4n) is 9.23. The summed E-state index contributed by atoms with van der Waals surface area (Å²) in [5.41, 5.74) is 1.24. The summed E-state index contributed by atoms with van der Waals surface area (Å²) in [5, 5.41) is 22.2. The smallest absolute Gasteiger partial charge is 0.165 e. The van der Waals surface area contributed by atoms with Gasteiger partial charge in [0, 0.05) is 42.0 Å². The number of phenolic OH excluding ortho intramolecular Hbond substituents is 1. The van der Waals surface area contributed by atoms with E-state index in [0.29, 0.717) is 11.8 Å². The molecule has 2 aliphatic heterocycles. The van der Waals surface area contributed by atoms with Crippen molar-refractivity contribution in [2.24, 2.45) is 17.3 Å². The second-order valence-corrected chi connectivity index (χ2v) is 12.1. The minimum atomic E-state index is -0.846. The monoisotopic (exact) mass is 461 g/mol. The number of piperidine rings is 1. The van der Waals surface area contributed by atoms with Crippen LogP contribution in [0.1, 0.15) is 63.5 Å². The number of aliphatic hydroxyl groups is 1. The van der Waals surface area contributed by atoms with Crippen LogP contribution in [0.3, 0.4) is 0 Å². The Morgan fingerprint density at radius 1 is 1.22 bits per heavy atom. The average Bonchev–Trinajstić information content (AvgIpc) is 3.47. The van der Waals surface area contributed by atoms with Gasteiger partial charge in [-0.2, -0.15) is 0 Å². The zero-order valence-electron chi connectivity index (χ0n) is 19.4. The Balaban J connectivity index is 0.00000196. The third-order valence-electron chi connectivity index (χ3n) is 10.5. The fourth-order valence-corrected chi connectivity index (χ4v) is 9.23. The average molecular weight is 462 g/mol. The summed E-state index contributed by atoms with van der Waals surface area (Å²) in [6.45, 7) is 6.23. The minimum absolute atomic E-state index is 0. The summed E-state index contributed by atoms with van der Waals surface area (Å²) in [6.07, 6.45) is 7.72.